The molecule has 0 radical (unpaired) electrons. The van der Waals surface area contributed by atoms with Crippen molar-refractivity contribution in [1.82, 2.24) is 18.8 Å². The fraction of sp³-hybridized carbons (Fsp3) is 0.250. The highest BCUT2D eigenvalue weighted by Crippen LogP contribution is 2.03. The van der Waals surface area contributed by atoms with Crippen LogP contribution >= 0.6 is 0 Å². The molecule has 0 saturated carbocycles. The van der Waals surface area contributed by atoms with Crippen LogP contribution in [0.15, 0.2) is 45.2 Å². The van der Waals surface area contributed by atoms with Crippen LogP contribution in [0.1, 0.15) is 5.56 Å². The van der Waals surface area contributed by atoms with E-state index in [1.54, 1.807) is 12.1 Å². The Labute approximate surface area is 120 Å². The predicted octanol–water partition coefficient (Wildman–Crippen LogP) is -1.04. The number of hydrogen-bond donors (Lipinski definition) is 1. The summed E-state index contributed by atoms with van der Waals surface area (Å²) in [4.78, 5) is 26.8. The first-order valence-corrected chi connectivity index (χ1v) is 7.46. The summed E-state index contributed by atoms with van der Waals surface area (Å²) in [5.74, 6) is 0. The summed E-state index contributed by atoms with van der Waals surface area (Å²) < 4.78 is 28.5. The molecule has 0 fully saturated rings. The molecule has 0 aliphatic rings. The summed E-state index contributed by atoms with van der Waals surface area (Å²) in [7, 11) is -1.41. The van der Waals surface area contributed by atoms with Gasteiger partial charge in [-0.2, -0.15) is 0 Å². The summed E-state index contributed by atoms with van der Waals surface area (Å²) in [5, 5.41) is 0. The van der Waals surface area contributed by atoms with Crippen LogP contribution in [-0.2, 0) is 30.7 Å². The standard InChI is InChI=1S/C12H14N4O4S/c1-15-8-10(11(17)16(2)12(15)18)21(19,20)14-7-9-3-5-13-6-4-9/h3-6,8,14H,7H2,1-2H3. The van der Waals surface area contributed by atoms with Gasteiger partial charge in [0.05, 0.1) is 0 Å². The molecule has 2 aromatic rings. The van der Waals surface area contributed by atoms with Crippen molar-refractivity contribution in [2.45, 2.75) is 11.4 Å². The van der Waals surface area contributed by atoms with Crippen LogP contribution in [-0.4, -0.2) is 22.5 Å². The fourth-order valence-corrected chi connectivity index (χ4v) is 2.89. The molecule has 0 aliphatic carbocycles. The van der Waals surface area contributed by atoms with Crippen molar-refractivity contribution in [2.75, 3.05) is 0 Å². The third-order valence-corrected chi connectivity index (χ3v) is 4.30. The number of nitrogens with one attached hydrogen (secondary N) is 1. The van der Waals surface area contributed by atoms with Gasteiger partial charge in [-0.15, -0.1) is 0 Å². The summed E-state index contributed by atoms with van der Waals surface area (Å²) in [6.07, 6.45) is 4.09. The number of aromatic nitrogens is 3. The average Bonchev–Trinajstić information content (AvgIpc) is 2.48. The first-order chi connectivity index (χ1) is 9.83. The third kappa shape index (κ3) is 3.09. The molecule has 0 atom stereocenters. The molecule has 1 N–H and O–H groups in total. The first kappa shape index (κ1) is 15.1. The number of sulfonamides is 1. The van der Waals surface area contributed by atoms with Crippen molar-refractivity contribution in [3.8, 4) is 0 Å². The summed E-state index contributed by atoms with van der Waals surface area (Å²) in [5.41, 5.74) is -0.747. The van der Waals surface area contributed by atoms with Crippen LogP contribution in [0.2, 0.25) is 0 Å². The Morgan fingerprint density at radius 2 is 1.81 bits per heavy atom. The van der Waals surface area contributed by atoms with E-state index in [-0.39, 0.29) is 6.54 Å². The van der Waals surface area contributed by atoms with Crippen LogP contribution in [0.5, 0.6) is 0 Å². The summed E-state index contributed by atoms with van der Waals surface area (Å²) in [6.45, 7) is 0.0247. The quantitative estimate of drug-likeness (QED) is 0.777. The van der Waals surface area contributed by atoms with Crippen molar-refractivity contribution in [2.24, 2.45) is 14.1 Å². The SMILES string of the molecule is Cn1cc(S(=O)(=O)NCc2ccncc2)c(=O)n(C)c1=O. The van der Waals surface area contributed by atoms with E-state index in [9.17, 15) is 18.0 Å². The number of rotatable bonds is 4. The maximum atomic E-state index is 12.2. The monoisotopic (exact) mass is 310 g/mol. The smallest absolute Gasteiger partial charge is 0.302 e. The van der Waals surface area contributed by atoms with E-state index < -0.39 is 26.2 Å². The molecule has 0 saturated heterocycles. The molecule has 2 heterocycles. The minimum absolute atomic E-state index is 0.0247. The topological polar surface area (TPSA) is 103 Å². The van der Waals surface area contributed by atoms with Crippen molar-refractivity contribution < 1.29 is 8.42 Å². The molecule has 112 valence electrons. The minimum atomic E-state index is -4.01. The van der Waals surface area contributed by atoms with E-state index in [0.29, 0.717) is 5.56 Å². The van der Waals surface area contributed by atoms with Crippen molar-refractivity contribution in [3.05, 3.63) is 57.1 Å². The van der Waals surface area contributed by atoms with Crippen molar-refractivity contribution >= 4 is 10.0 Å². The molecule has 0 amide bonds. The third-order valence-electron chi connectivity index (χ3n) is 2.92. The average molecular weight is 310 g/mol. The van der Waals surface area contributed by atoms with Gasteiger partial charge >= 0.3 is 5.69 Å². The molecule has 0 aromatic carbocycles. The van der Waals surface area contributed by atoms with Crippen LogP contribution < -0.4 is 16.0 Å². The number of nitrogens with zero attached hydrogens (tertiary/aromatic N) is 3. The summed E-state index contributed by atoms with van der Waals surface area (Å²) in [6, 6.07) is 3.31. The Kier molecular flexibility index (Phi) is 4.05. The Hall–Kier alpha value is -2.26. The van der Waals surface area contributed by atoms with E-state index in [0.717, 1.165) is 15.3 Å². The van der Waals surface area contributed by atoms with Gasteiger partial charge in [-0.1, -0.05) is 0 Å². The van der Waals surface area contributed by atoms with Gasteiger partial charge in [0.2, 0.25) is 10.0 Å². The van der Waals surface area contributed by atoms with E-state index in [1.165, 1.54) is 26.5 Å². The summed E-state index contributed by atoms with van der Waals surface area (Å²) >= 11 is 0. The minimum Gasteiger partial charge on any atom is -0.302 e. The van der Waals surface area contributed by atoms with Crippen LogP contribution in [0.3, 0.4) is 0 Å². The zero-order valence-electron chi connectivity index (χ0n) is 11.5. The Balaban J connectivity index is 2.37. The zero-order chi connectivity index (χ0) is 15.6. The molecular formula is C12H14N4O4S. The second-order valence-electron chi connectivity index (χ2n) is 4.43. The largest absolute Gasteiger partial charge is 0.330 e. The lowest BCUT2D eigenvalue weighted by Gasteiger charge is -2.09. The van der Waals surface area contributed by atoms with Gasteiger partial charge in [-0.3, -0.25) is 14.3 Å². The van der Waals surface area contributed by atoms with Crippen molar-refractivity contribution in [3.63, 3.8) is 0 Å². The number of aryl methyl sites for hydroxylation is 1. The highest BCUT2D eigenvalue weighted by molar-refractivity contribution is 7.89. The lowest BCUT2D eigenvalue weighted by Crippen LogP contribution is -2.41. The molecule has 0 bridgehead atoms. The molecule has 21 heavy (non-hydrogen) atoms. The van der Waals surface area contributed by atoms with E-state index in [4.69, 9.17) is 0 Å². The van der Waals surface area contributed by atoms with Gasteiger partial charge in [0, 0.05) is 39.2 Å². The maximum absolute atomic E-state index is 12.2. The van der Waals surface area contributed by atoms with Gasteiger partial charge in [-0.05, 0) is 17.7 Å². The molecule has 2 rings (SSSR count). The van der Waals surface area contributed by atoms with E-state index >= 15 is 0 Å². The molecular weight excluding hydrogens is 296 g/mol. The van der Waals surface area contributed by atoms with Gasteiger partial charge in [0.15, 0.2) is 4.90 Å². The van der Waals surface area contributed by atoms with E-state index in [1.807, 2.05) is 0 Å². The van der Waals surface area contributed by atoms with Crippen molar-refractivity contribution in [1.29, 1.82) is 0 Å². The molecule has 8 nitrogen and oxygen atoms in total. The maximum Gasteiger partial charge on any atom is 0.330 e. The molecule has 0 aliphatic heterocycles. The molecule has 2 aromatic heterocycles. The second kappa shape index (κ2) is 5.62. The normalized spacial score (nSPS) is 11.5. The molecule has 9 heteroatoms. The van der Waals surface area contributed by atoms with E-state index in [2.05, 4.69) is 9.71 Å². The predicted molar refractivity (Wildman–Crippen MR) is 75.2 cm³/mol. The van der Waals surface area contributed by atoms with Gasteiger partial charge in [0.1, 0.15) is 0 Å². The Morgan fingerprint density at radius 3 is 2.43 bits per heavy atom. The van der Waals surface area contributed by atoms with Crippen LogP contribution in [0.25, 0.3) is 0 Å². The molecule has 0 spiro atoms. The van der Waals surface area contributed by atoms with Gasteiger partial charge < -0.3 is 4.57 Å². The Bertz CT molecular complexity index is 868. The van der Waals surface area contributed by atoms with Crippen LogP contribution in [0, 0.1) is 0 Å². The van der Waals surface area contributed by atoms with Crippen LogP contribution in [0.4, 0.5) is 0 Å². The Morgan fingerprint density at radius 1 is 1.19 bits per heavy atom. The first-order valence-electron chi connectivity index (χ1n) is 5.98. The van der Waals surface area contributed by atoms with Gasteiger partial charge in [-0.25, -0.2) is 17.9 Å². The lowest BCUT2D eigenvalue weighted by molar-refractivity contribution is 0.570. The second-order valence-corrected chi connectivity index (χ2v) is 6.17. The lowest BCUT2D eigenvalue weighted by atomic mass is 10.3. The highest BCUT2D eigenvalue weighted by atomic mass is 32.2. The number of hydrogen-bond acceptors (Lipinski definition) is 5. The number of pyridine rings is 1. The zero-order valence-corrected chi connectivity index (χ0v) is 12.3. The highest BCUT2D eigenvalue weighted by Gasteiger charge is 2.20. The van der Waals surface area contributed by atoms with Gasteiger partial charge in [0.25, 0.3) is 5.56 Å². The molecule has 0 unspecified atom stereocenters. The fourth-order valence-electron chi connectivity index (χ4n) is 1.72.